The van der Waals surface area contributed by atoms with Gasteiger partial charge in [0.05, 0.1) is 16.1 Å². The van der Waals surface area contributed by atoms with Crippen LogP contribution in [0.4, 0.5) is 0 Å². The summed E-state index contributed by atoms with van der Waals surface area (Å²) in [6, 6.07) is 13.8. The van der Waals surface area contributed by atoms with Crippen LogP contribution in [-0.2, 0) is 0 Å². The highest BCUT2D eigenvalue weighted by atomic mass is 35.5. The highest BCUT2D eigenvalue weighted by Gasteiger charge is 2.27. The summed E-state index contributed by atoms with van der Waals surface area (Å²) < 4.78 is 0. The molecule has 2 atom stereocenters. The second-order valence-corrected chi connectivity index (χ2v) is 5.97. The third kappa shape index (κ3) is 2.73. The summed E-state index contributed by atoms with van der Waals surface area (Å²) in [4.78, 5) is 2.97. The smallest absolute Gasteiger partial charge is 0.0628 e. The number of fused-ring (bicyclic) bond motifs is 1. The molecule has 1 aliphatic rings. The third-order valence-electron chi connectivity index (χ3n) is 4.00. The molecule has 0 amide bonds. The Morgan fingerprint density at radius 2 is 1.76 bits per heavy atom. The molecule has 0 aromatic heterocycles. The molecule has 0 saturated carbocycles. The molecule has 0 unspecified atom stereocenters. The van der Waals surface area contributed by atoms with E-state index in [0.717, 1.165) is 24.0 Å². The Balaban J connectivity index is 2.06. The molecule has 1 aliphatic carbocycles. The highest BCUT2D eigenvalue weighted by molar-refractivity contribution is 6.42. The van der Waals surface area contributed by atoms with Crippen LogP contribution in [0, 0.1) is 0 Å². The fourth-order valence-corrected chi connectivity index (χ4v) is 3.33. The lowest BCUT2D eigenvalue weighted by atomic mass is 9.77. The lowest BCUT2D eigenvalue weighted by Gasteiger charge is -2.29. The van der Waals surface area contributed by atoms with Gasteiger partial charge in [0.15, 0.2) is 0 Å². The Morgan fingerprint density at radius 3 is 2.48 bits per heavy atom. The summed E-state index contributed by atoms with van der Waals surface area (Å²) in [5.41, 5.74) is 12.2. The second-order valence-electron chi connectivity index (χ2n) is 5.15. The molecule has 0 N–H and O–H groups in total. The van der Waals surface area contributed by atoms with E-state index in [-0.39, 0.29) is 12.0 Å². The quantitative estimate of drug-likeness (QED) is 0.356. The number of hydrogen-bond acceptors (Lipinski definition) is 1. The van der Waals surface area contributed by atoms with Crippen molar-refractivity contribution in [3.05, 3.63) is 79.6 Å². The van der Waals surface area contributed by atoms with Crippen molar-refractivity contribution in [3.8, 4) is 0 Å². The summed E-state index contributed by atoms with van der Waals surface area (Å²) in [6.45, 7) is 0. The fourth-order valence-electron chi connectivity index (χ4n) is 3.02. The Labute approximate surface area is 133 Å². The summed E-state index contributed by atoms with van der Waals surface area (Å²) in [6.07, 6.45) is 1.77. The van der Waals surface area contributed by atoms with Gasteiger partial charge in [-0.2, -0.15) is 0 Å². The number of halogens is 2. The molecule has 0 radical (unpaired) electrons. The van der Waals surface area contributed by atoms with E-state index in [1.54, 1.807) is 0 Å². The molecule has 0 spiro atoms. The summed E-state index contributed by atoms with van der Waals surface area (Å²) >= 11 is 12.1. The van der Waals surface area contributed by atoms with E-state index in [4.69, 9.17) is 28.7 Å². The van der Waals surface area contributed by atoms with Gasteiger partial charge in [-0.15, -0.1) is 0 Å². The topological polar surface area (TPSA) is 48.8 Å². The van der Waals surface area contributed by atoms with E-state index < -0.39 is 0 Å². The highest BCUT2D eigenvalue weighted by Crippen LogP contribution is 2.43. The van der Waals surface area contributed by atoms with Crippen LogP contribution in [0.2, 0.25) is 10.0 Å². The van der Waals surface area contributed by atoms with Crippen molar-refractivity contribution in [2.75, 3.05) is 0 Å². The standard InChI is InChI=1S/C16H13Cl2N3/c17-14-7-5-10(9-15(14)18)11-6-8-16(20-21-19)13-4-2-1-3-12(11)13/h1-5,7,9,11,16H,6,8H2/t11-,16-/m0/s1. The normalized spacial score (nSPS) is 20.5. The van der Waals surface area contributed by atoms with Gasteiger partial charge in [-0.05, 0) is 47.2 Å². The fraction of sp³-hybridized carbons (Fsp3) is 0.250. The molecule has 21 heavy (non-hydrogen) atoms. The minimum atomic E-state index is -0.0785. The van der Waals surface area contributed by atoms with Crippen molar-refractivity contribution < 1.29 is 0 Å². The Kier molecular flexibility index (Phi) is 4.07. The van der Waals surface area contributed by atoms with Crippen LogP contribution in [0.5, 0.6) is 0 Å². The monoisotopic (exact) mass is 317 g/mol. The summed E-state index contributed by atoms with van der Waals surface area (Å²) in [5.74, 6) is 0.265. The van der Waals surface area contributed by atoms with E-state index in [1.165, 1.54) is 5.56 Å². The molecule has 106 valence electrons. The molecule has 2 aromatic carbocycles. The van der Waals surface area contributed by atoms with Gasteiger partial charge >= 0.3 is 0 Å². The van der Waals surface area contributed by atoms with Crippen LogP contribution in [0.3, 0.4) is 0 Å². The maximum absolute atomic E-state index is 8.72. The Morgan fingerprint density at radius 1 is 1.00 bits per heavy atom. The number of benzene rings is 2. The predicted octanol–water partition coefficient (Wildman–Crippen LogP) is 6.27. The van der Waals surface area contributed by atoms with Crippen molar-refractivity contribution in [1.29, 1.82) is 0 Å². The molecule has 0 heterocycles. The number of azide groups is 1. The summed E-state index contributed by atoms with van der Waals surface area (Å²) in [7, 11) is 0. The van der Waals surface area contributed by atoms with Gasteiger partial charge in [0.2, 0.25) is 0 Å². The summed E-state index contributed by atoms with van der Waals surface area (Å²) in [5, 5.41) is 5.06. The lowest BCUT2D eigenvalue weighted by molar-refractivity contribution is 0.528. The molecule has 0 fully saturated rings. The van der Waals surface area contributed by atoms with Crippen LogP contribution in [0.1, 0.15) is 41.5 Å². The van der Waals surface area contributed by atoms with Crippen LogP contribution in [0.15, 0.2) is 47.6 Å². The zero-order valence-corrected chi connectivity index (χ0v) is 12.7. The van der Waals surface area contributed by atoms with Crippen molar-refractivity contribution in [2.24, 2.45) is 5.11 Å². The van der Waals surface area contributed by atoms with E-state index in [0.29, 0.717) is 10.0 Å². The molecular formula is C16H13Cl2N3. The number of nitrogens with zero attached hydrogens (tertiary/aromatic N) is 3. The van der Waals surface area contributed by atoms with Crippen molar-refractivity contribution in [3.63, 3.8) is 0 Å². The van der Waals surface area contributed by atoms with Gasteiger partial charge in [-0.1, -0.05) is 58.6 Å². The third-order valence-corrected chi connectivity index (χ3v) is 4.74. The van der Waals surface area contributed by atoms with Crippen LogP contribution >= 0.6 is 23.2 Å². The second kappa shape index (κ2) is 5.98. The van der Waals surface area contributed by atoms with Gasteiger partial charge in [0.1, 0.15) is 0 Å². The molecule has 5 heteroatoms. The van der Waals surface area contributed by atoms with Crippen molar-refractivity contribution >= 4 is 23.2 Å². The molecule has 0 saturated heterocycles. The van der Waals surface area contributed by atoms with Gasteiger partial charge in [0, 0.05) is 10.8 Å². The van der Waals surface area contributed by atoms with Crippen LogP contribution < -0.4 is 0 Å². The molecule has 3 nitrogen and oxygen atoms in total. The molecule has 0 bridgehead atoms. The first-order chi connectivity index (χ1) is 10.2. The van der Waals surface area contributed by atoms with Crippen LogP contribution in [0.25, 0.3) is 10.4 Å². The maximum atomic E-state index is 8.72. The van der Waals surface area contributed by atoms with Gasteiger partial charge in [-0.3, -0.25) is 0 Å². The molecule has 0 aliphatic heterocycles. The largest absolute Gasteiger partial charge is 0.0859 e. The van der Waals surface area contributed by atoms with Crippen molar-refractivity contribution in [1.82, 2.24) is 0 Å². The average Bonchev–Trinajstić information content (AvgIpc) is 2.51. The number of hydrogen-bond donors (Lipinski definition) is 0. The Hall–Kier alpha value is -1.67. The number of rotatable bonds is 2. The molecule has 2 aromatic rings. The van der Waals surface area contributed by atoms with E-state index in [1.807, 2.05) is 36.4 Å². The van der Waals surface area contributed by atoms with E-state index in [2.05, 4.69) is 16.1 Å². The first kappa shape index (κ1) is 14.3. The lowest BCUT2D eigenvalue weighted by Crippen LogP contribution is -2.14. The van der Waals surface area contributed by atoms with E-state index >= 15 is 0 Å². The van der Waals surface area contributed by atoms with Gasteiger partial charge in [-0.25, -0.2) is 0 Å². The minimum absolute atomic E-state index is 0.0785. The van der Waals surface area contributed by atoms with E-state index in [9.17, 15) is 0 Å². The minimum Gasteiger partial charge on any atom is -0.0859 e. The Bertz CT molecular complexity index is 723. The van der Waals surface area contributed by atoms with Crippen LogP contribution in [-0.4, -0.2) is 0 Å². The average molecular weight is 318 g/mol. The zero-order valence-electron chi connectivity index (χ0n) is 11.2. The van der Waals surface area contributed by atoms with Crippen molar-refractivity contribution in [2.45, 2.75) is 24.8 Å². The molecular weight excluding hydrogens is 305 g/mol. The van der Waals surface area contributed by atoms with Gasteiger partial charge < -0.3 is 0 Å². The maximum Gasteiger partial charge on any atom is 0.0628 e. The first-order valence-corrected chi connectivity index (χ1v) is 7.54. The predicted molar refractivity (Wildman–Crippen MR) is 85.9 cm³/mol. The molecule has 3 rings (SSSR count). The first-order valence-electron chi connectivity index (χ1n) is 6.78. The SMILES string of the molecule is [N-]=[N+]=N[C@H]1CC[C@@H](c2ccc(Cl)c(Cl)c2)c2ccccc21. The van der Waals surface area contributed by atoms with Gasteiger partial charge in [0.25, 0.3) is 0 Å². The zero-order chi connectivity index (χ0) is 14.8.